The monoisotopic (exact) mass is 275 g/mol. The number of likely N-dealkylation sites (tertiary alicyclic amines) is 1. The van der Waals surface area contributed by atoms with Gasteiger partial charge in [0, 0.05) is 12.1 Å². The van der Waals surface area contributed by atoms with Gasteiger partial charge in [0.2, 0.25) is 0 Å². The average molecular weight is 275 g/mol. The minimum absolute atomic E-state index is 0.162. The Kier molecular flexibility index (Phi) is 4.42. The Morgan fingerprint density at radius 3 is 2.65 bits per heavy atom. The summed E-state index contributed by atoms with van der Waals surface area (Å²) in [7, 11) is 0. The predicted molar refractivity (Wildman–Crippen MR) is 76.7 cm³/mol. The number of rotatable bonds is 3. The van der Waals surface area contributed by atoms with Crippen molar-refractivity contribution >= 4 is 11.9 Å². The van der Waals surface area contributed by atoms with Crippen molar-refractivity contribution in [2.75, 3.05) is 6.54 Å². The summed E-state index contributed by atoms with van der Waals surface area (Å²) >= 11 is 0. The maximum Gasteiger partial charge on any atom is 0.326 e. The highest BCUT2D eigenvalue weighted by Gasteiger charge is 2.36. The van der Waals surface area contributed by atoms with E-state index in [1.165, 1.54) is 4.90 Å². The number of carboxylic acids is 1. The summed E-state index contributed by atoms with van der Waals surface area (Å²) in [6.45, 7) is 4.48. The van der Waals surface area contributed by atoms with Gasteiger partial charge in [0.1, 0.15) is 6.04 Å². The summed E-state index contributed by atoms with van der Waals surface area (Å²) in [4.78, 5) is 25.6. The van der Waals surface area contributed by atoms with Crippen LogP contribution in [-0.4, -0.2) is 34.5 Å². The van der Waals surface area contributed by atoms with E-state index in [2.05, 4.69) is 6.92 Å². The average Bonchev–Trinajstić information content (AvgIpc) is 2.46. The lowest BCUT2D eigenvalue weighted by atomic mass is 9.88. The van der Waals surface area contributed by atoms with E-state index in [1.54, 1.807) is 6.07 Å². The molecule has 0 aromatic heterocycles. The first-order chi connectivity index (χ1) is 9.54. The van der Waals surface area contributed by atoms with Crippen molar-refractivity contribution in [1.29, 1.82) is 0 Å². The number of nitrogens with zero attached hydrogens (tertiary/aromatic N) is 1. The lowest BCUT2D eigenvalue weighted by Gasteiger charge is -2.37. The van der Waals surface area contributed by atoms with Crippen LogP contribution in [-0.2, 0) is 4.79 Å². The first kappa shape index (κ1) is 14.6. The Morgan fingerprint density at radius 1 is 1.35 bits per heavy atom. The fraction of sp³-hybridized carbons (Fsp3) is 0.500. The molecule has 0 spiro atoms. The van der Waals surface area contributed by atoms with Gasteiger partial charge >= 0.3 is 5.97 Å². The summed E-state index contributed by atoms with van der Waals surface area (Å²) in [6, 6.07) is 6.64. The van der Waals surface area contributed by atoms with Crippen molar-refractivity contribution in [3.8, 4) is 0 Å². The summed E-state index contributed by atoms with van der Waals surface area (Å²) in [5.41, 5.74) is 1.49. The predicted octanol–water partition coefficient (Wildman–Crippen LogP) is 2.71. The van der Waals surface area contributed by atoms with E-state index in [9.17, 15) is 14.7 Å². The number of aliphatic carboxylic acids is 1. The van der Waals surface area contributed by atoms with Gasteiger partial charge in [-0.2, -0.15) is 0 Å². The molecule has 1 amide bonds. The molecule has 1 aliphatic rings. The minimum Gasteiger partial charge on any atom is -0.480 e. The Morgan fingerprint density at radius 2 is 2.05 bits per heavy atom. The molecule has 2 unspecified atom stereocenters. The Balaban J connectivity index is 2.24. The van der Waals surface area contributed by atoms with Gasteiger partial charge in [-0.05, 0) is 37.3 Å². The zero-order chi connectivity index (χ0) is 14.7. The number of carboxylic acid groups (broad SMARTS) is 1. The molecule has 1 aliphatic heterocycles. The van der Waals surface area contributed by atoms with Crippen LogP contribution in [0, 0.1) is 12.8 Å². The SMILES string of the molecule is CCC1CCN(C(=O)c2ccccc2C)C(C(=O)O)C1. The van der Waals surface area contributed by atoms with Crippen molar-refractivity contribution in [1.82, 2.24) is 4.90 Å². The van der Waals surface area contributed by atoms with Gasteiger partial charge in [0.05, 0.1) is 0 Å². The molecule has 1 saturated heterocycles. The third-order valence-corrected chi connectivity index (χ3v) is 4.21. The van der Waals surface area contributed by atoms with E-state index < -0.39 is 12.0 Å². The van der Waals surface area contributed by atoms with E-state index in [-0.39, 0.29) is 5.91 Å². The molecule has 2 rings (SSSR count). The van der Waals surface area contributed by atoms with Crippen LogP contribution in [0.15, 0.2) is 24.3 Å². The summed E-state index contributed by atoms with van der Waals surface area (Å²) in [5.74, 6) is -0.660. The number of hydrogen-bond acceptors (Lipinski definition) is 2. The smallest absolute Gasteiger partial charge is 0.326 e. The zero-order valence-electron chi connectivity index (χ0n) is 12.0. The topological polar surface area (TPSA) is 57.6 Å². The Hall–Kier alpha value is -1.84. The highest BCUT2D eigenvalue weighted by atomic mass is 16.4. The first-order valence-corrected chi connectivity index (χ1v) is 7.14. The summed E-state index contributed by atoms with van der Waals surface area (Å²) in [6.07, 6.45) is 2.41. The maximum atomic E-state index is 12.6. The van der Waals surface area contributed by atoms with Crippen LogP contribution in [0.5, 0.6) is 0 Å². The quantitative estimate of drug-likeness (QED) is 0.922. The van der Waals surface area contributed by atoms with Crippen LogP contribution in [0.4, 0.5) is 0 Å². The highest BCUT2D eigenvalue weighted by Crippen LogP contribution is 2.27. The number of benzene rings is 1. The normalized spacial score (nSPS) is 22.6. The van der Waals surface area contributed by atoms with Crippen LogP contribution in [0.25, 0.3) is 0 Å². The lowest BCUT2D eigenvalue weighted by Crippen LogP contribution is -2.50. The molecule has 0 radical (unpaired) electrons. The summed E-state index contributed by atoms with van der Waals surface area (Å²) < 4.78 is 0. The van der Waals surface area contributed by atoms with E-state index in [0.717, 1.165) is 18.4 Å². The van der Waals surface area contributed by atoms with Gasteiger partial charge in [-0.1, -0.05) is 31.5 Å². The molecule has 1 aromatic carbocycles. The lowest BCUT2D eigenvalue weighted by molar-refractivity contribution is -0.144. The molecule has 1 fully saturated rings. The third kappa shape index (κ3) is 2.84. The fourth-order valence-corrected chi connectivity index (χ4v) is 2.85. The second-order valence-corrected chi connectivity index (χ2v) is 5.47. The molecule has 0 bridgehead atoms. The van der Waals surface area contributed by atoms with Crippen LogP contribution in [0.1, 0.15) is 42.1 Å². The number of piperidine rings is 1. The second kappa shape index (κ2) is 6.07. The number of carbonyl (C=O) groups is 2. The standard InChI is InChI=1S/C16H21NO3/c1-3-12-8-9-17(14(10-12)16(19)20)15(18)13-7-5-4-6-11(13)2/h4-7,12,14H,3,8-10H2,1-2H3,(H,19,20). The van der Waals surface area contributed by atoms with Gasteiger partial charge in [-0.3, -0.25) is 4.79 Å². The molecule has 4 nitrogen and oxygen atoms in total. The third-order valence-electron chi connectivity index (χ3n) is 4.21. The van der Waals surface area contributed by atoms with E-state index in [4.69, 9.17) is 0 Å². The van der Waals surface area contributed by atoms with Crippen molar-refractivity contribution in [3.63, 3.8) is 0 Å². The molecule has 4 heteroatoms. The van der Waals surface area contributed by atoms with E-state index >= 15 is 0 Å². The van der Waals surface area contributed by atoms with Crippen molar-refractivity contribution in [2.24, 2.45) is 5.92 Å². The molecular weight excluding hydrogens is 254 g/mol. The first-order valence-electron chi connectivity index (χ1n) is 7.14. The molecule has 20 heavy (non-hydrogen) atoms. The molecule has 1 N–H and O–H groups in total. The van der Waals surface area contributed by atoms with Gasteiger partial charge < -0.3 is 10.0 Å². The van der Waals surface area contributed by atoms with Crippen LogP contribution in [0.3, 0.4) is 0 Å². The van der Waals surface area contributed by atoms with E-state index in [0.29, 0.717) is 24.4 Å². The van der Waals surface area contributed by atoms with Crippen molar-refractivity contribution < 1.29 is 14.7 Å². The number of hydrogen-bond donors (Lipinski definition) is 1. The Labute approximate surface area is 119 Å². The molecule has 0 aliphatic carbocycles. The highest BCUT2D eigenvalue weighted by molar-refractivity contribution is 5.97. The van der Waals surface area contributed by atoms with Gasteiger partial charge in [-0.25, -0.2) is 4.79 Å². The number of aryl methyl sites for hydroxylation is 1. The van der Waals surface area contributed by atoms with Gasteiger partial charge in [0.25, 0.3) is 5.91 Å². The van der Waals surface area contributed by atoms with E-state index in [1.807, 2.05) is 25.1 Å². The molecule has 108 valence electrons. The molecule has 1 heterocycles. The number of carbonyl (C=O) groups excluding carboxylic acids is 1. The second-order valence-electron chi connectivity index (χ2n) is 5.47. The maximum absolute atomic E-state index is 12.6. The zero-order valence-corrected chi connectivity index (χ0v) is 12.0. The Bertz CT molecular complexity index is 512. The molecule has 2 atom stereocenters. The molecular formula is C16H21NO3. The fourth-order valence-electron chi connectivity index (χ4n) is 2.85. The van der Waals surface area contributed by atoms with Crippen LogP contribution in [0.2, 0.25) is 0 Å². The van der Waals surface area contributed by atoms with Gasteiger partial charge in [-0.15, -0.1) is 0 Å². The molecule has 0 saturated carbocycles. The van der Waals surface area contributed by atoms with Crippen molar-refractivity contribution in [2.45, 2.75) is 39.2 Å². The van der Waals surface area contributed by atoms with Gasteiger partial charge in [0.15, 0.2) is 0 Å². The van der Waals surface area contributed by atoms with Crippen LogP contribution >= 0.6 is 0 Å². The number of amides is 1. The van der Waals surface area contributed by atoms with Crippen LogP contribution < -0.4 is 0 Å². The molecule has 1 aromatic rings. The minimum atomic E-state index is -0.898. The largest absolute Gasteiger partial charge is 0.480 e. The summed E-state index contributed by atoms with van der Waals surface area (Å²) in [5, 5.41) is 9.39. The van der Waals surface area contributed by atoms with Crippen molar-refractivity contribution in [3.05, 3.63) is 35.4 Å².